The van der Waals surface area contributed by atoms with Gasteiger partial charge in [-0.2, -0.15) is 0 Å². The Hall–Kier alpha value is -0.910. The second-order valence-corrected chi connectivity index (χ2v) is 7.05. The Balaban J connectivity index is 2.54. The van der Waals surface area contributed by atoms with Crippen LogP contribution in [0.4, 0.5) is 0 Å². The molecule has 1 aromatic carbocycles. The molecule has 0 heterocycles. The van der Waals surface area contributed by atoms with Gasteiger partial charge < -0.3 is 11.1 Å². The molecule has 21 heavy (non-hydrogen) atoms. The minimum absolute atomic E-state index is 0.130. The zero-order valence-corrected chi connectivity index (χ0v) is 14.2. The van der Waals surface area contributed by atoms with Crippen LogP contribution in [0.3, 0.4) is 0 Å². The van der Waals surface area contributed by atoms with Crippen LogP contribution in [-0.2, 0) is 15.0 Å². The zero-order valence-electron chi connectivity index (χ0n) is 11.9. The first kappa shape index (κ1) is 18.1. The second-order valence-electron chi connectivity index (χ2n) is 5.25. The number of nitrogens with one attached hydrogen (secondary N) is 1. The molecule has 0 aliphatic rings. The van der Waals surface area contributed by atoms with Crippen molar-refractivity contribution in [1.29, 1.82) is 0 Å². The standard InChI is InChI=1S/C14H18Cl2N2O2S/c1-14(2,9-3-4-10(15)11(16)5-9)8-18-13(20)7-21-6-12(17)19/h3-5H,6-8H2,1-2H3,(H2,17,19)(H,18,20). The molecule has 0 aromatic heterocycles. The maximum atomic E-state index is 11.7. The minimum Gasteiger partial charge on any atom is -0.369 e. The van der Waals surface area contributed by atoms with E-state index in [0.717, 1.165) is 5.56 Å². The first-order valence-corrected chi connectivity index (χ1v) is 8.22. The first-order valence-electron chi connectivity index (χ1n) is 6.30. The van der Waals surface area contributed by atoms with Gasteiger partial charge in [0.2, 0.25) is 11.8 Å². The van der Waals surface area contributed by atoms with E-state index in [2.05, 4.69) is 5.32 Å². The van der Waals surface area contributed by atoms with Crippen LogP contribution < -0.4 is 11.1 Å². The molecule has 0 spiro atoms. The van der Waals surface area contributed by atoms with Crippen molar-refractivity contribution in [2.75, 3.05) is 18.1 Å². The van der Waals surface area contributed by atoms with E-state index in [-0.39, 0.29) is 22.8 Å². The molecule has 0 bridgehead atoms. The Labute approximate surface area is 138 Å². The highest BCUT2D eigenvalue weighted by atomic mass is 35.5. The fraction of sp³-hybridized carbons (Fsp3) is 0.429. The molecule has 0 radical (unpaired) electrons. The molecule has 0 fully saturated rings. The van der Waals surface area contributed by atoms with Crippen molar-refractivity contribution >= 4 is 46.8 Å². The molecule has 1 aromatic rings. The fourth-order valence-corrected chi connectivity index (χ4v) is 2.52. The molecule has 0 aliphatic heterocycles. The summed E-state index contributed by atoms with van der Waals surface area (Å²) in [4.78, 5) is 22.3. The van der Waals surface area contributed by atoms with E-state index < -0.39 is 5.91 Å². The van der Waals surface area contributed by atoms with Gasteiger partial charge >= 0.3 is 0 Å². The topological polar surface area (TPSA) is 72.2 Å². The number of primary amides is 1. The predicted molar refractivity (Wildman–Crippen MR) is 89.0 cm³/mol. The molecule has 1 rings (SSSR count). The lowest BCUT2D eigenvalue weighted by Gasteiger charge is -2.26. The Morgan fingerprint density at radius 3 is 2.48 bits per heavy atom. The number of hydrogen-bond acceptors (Lipinski definition) is 3. The third-order valence-electron chi connectivity index (χ3n) is 2.91. The number of amides is 2. The third-order valence-corrected chi connectivity index (χ3v) is 4.60. The lowest BCUT2D eigenvalue weighted by Crippen LogP contribution is -2.37. The lowest BCUT2D eigenvalue weighted by atomic mass is 9.84. The van der Waals surface area contributed by atoms with E-state index in [4.69, 9.17) is 28.9 Å². The van der Waals surface area contributed by atoms with Crippen molar-refractivity contribution in [3.05, 3.63) is 33.8 Å². The number of halogens is 2. The highest BCUT2D eigenvalue weighted by molar-refractivity contribution is 8.00. The van der Waals surface area contributed by atoms with Gasteiger partial charge in [0.1, 0.15) is 0 Å². The number of thioether (sulfide) groups is 1. The van der Waals surface area contributed by atoms with Gasteiger partial charge in [0.15, 0.2) is 0 Å². The van der Waals surface area contributed by atoms with Crippen molar-refractivity contribution in [3.63, 3.8) is 0 Å². The SMILES string of the molecule is CC(C)(CNC(=O)CSCC(N)=O)c1ccc(Cl)c(Cl)c1. The summed E-state index contributed by atoms with van der Waals surface area (Å²) in [6.07, 6.45) is 0. The van der Waals surface area contributed by atoms with Gasteiger partial charge in [0, 0.05) is 12.0 Å². The van der Waals surface area contributed by atoms with Crippen molar-refractivity contribution in [3.8, 4) is 0 Å². The van der Waals surface area contributed by atoms with Crippen LogP contribution >= 0.6 is 35.0 Å². The normalized spacial score (nSPS) is 11.2. The van der Waals surface area contributed by atoms with E-state index in [9.17, 15) is 9.59 Å². The van der Waals surface area contributed by atoms with Crippen LogP contribution in [0.2, 0.25) is 10.0 Å². The molecule has 0 saturated heterocycles. The molecule has 4 nitrogen and oxygen atoms in total. The average molecular weight is 349 g/mol. The van der Waals surface area contributed by atoms with Gasteiger partial charge in [0.25, 0.3) is 0 Å². The van der Waals surface area contributed by atoms with Crippen LogP contribution in [0.5, 0.6) is 0 Å². The van der Waals surface area contributed by atoms with Crippen LogP contribution in [-0.4, -0.2) is 29.9 Å². The number of rotatable bonds is 7. The summed E-state index contributed by atoms with van der Waals surface area (Å²) >= 11 is 13.1. The Bertz CT molecular complexity index is 536. The van der Waals surface area contributed by atoms with Crippen LogP contribution in [0, 0.1) is 0 Å². The fourth-order valence-electron chi connectivity index (χ4n) is 1.63. The largest absolute Gasteiger partial charge is 0.369 e. The summed E-state index contributed by atoms with van der Waals surface area (Å²) in [5.41, 5.74) is 5.72. The Morgan fingerprint density at radius 2 is 1.90 bits per heavy atom. The third kappa shape index (κ3) is 6.16. The Kier molecular flexibility index (Phi) is 6.84. The highest BCUT2D eigenvalue weighted by Gasteiger charge is 2.22. The van der Waals surface area contributed by atoms with Crippen molar-refractivity contribution in [1.82, 2.24) is 5.32 Å². The molecule has 116 valence electrons. The van der Waals surface area contributed by atoms with Crippen molar-refractivity contribution in [2.45, 2.75) is 19.3 Å². The summed E-state index contributed by atoms with van der Waals surface area (Å²) in [5.74, 6) is -0.206. The second kappa shape index (κ2) is 7.92. The molecule has 0 unspecified atom stereocenters. The van der Waals surface area contributed by atoms with Crippen molar-refractivity contribution in [2.24, 2.45) is 5.73 Å². The predicted octanol–water partition coefficient (Wildman–Crippen LogP) is 2.61. The zero-order chi connectivity index (χ0) is 16.0. The number of carbonyl (C=O) groups is 2. The molecule has 0 atom stereocenters. The van der Waals surface area contributed by atoms with Crippen LogP contribution in [0.1, 0.15) is 19.4 Å². The van der Waals surface area contributed by atoms with E-state index >= 15 is 0 Å². The van der Waals surface area contributed by atoms with Gasteiger partial charge in [0.05, 0.1) is 21.6 Å². The van der Waals surface area contributed by atoms with Crippen LogP contribution in [0.15, 0.2) is 18.2 Å². The summed E-state index contributed by atoms with van der Waals surface area (Å²) in [5, 5.41) is 3.84. The summed E-state index contributed by atoms with van der Waals surface area (Å²) in [6, 6.07) is 5.44. The van der Waals surface area contributed by atoms with E-state index in [1.54, 1.807) is 12.1 Å². The molecular formula is C14H18Cl2N2O2S. The van der Waals surface area contributed by atoms with Gasteiger partial charge in [-0.05, 0) is 17.7 Å². The minimum atomic E-state index is -0.427. The van der Waals surface area contributed by atoms with Gasteiger partial charge in [-0.1, -0.05) is 43.1 Å². The average Bonchev–Trinajstić information content (AvgIpc) is 2.39. The molecule has 0 aliphatic carbocycles. The monoisotopic (exact) mass is 348 g/mol. The molecule has 7 heteroatoms. The van der Waals surface area contributed by atoms with E-state index in [0.29, 0.717) is 16.6 Å². The summed E-state index contributed by atoms with van der Waals surface area (Å²) < 4.78 is 0. The molecular weight excluding hydrogens is 331 g/mol. The maximum Gasteiger partial charge on any atom is 0.230 e. The maximum absolute atomic E-state index is 11.7. The van der Waals surface area contributed by atoms with E-state index in [1.165, 1.54) is 11.8 Å². The van der Waals surface area contributed by atoms with E-state index in [1.807, 2.05) is 19.9 Å². The highest BCUT2D eigenvalue weighted by Crippen LogP contribution is 2.29. The smallest absolute Gasteiger partial charge is 0.230 e. The summed E-state index contributed by atoms with van der Waals surface area (Å²) in [7, 11) is 0. The molecule has 3 N–H and O–H groups in total. The van der Waals surface area contributed by atoms with Crippen LogP contribution in [0.25, 0.3) is 0 Å². The number of carbonyl (C=O) groups excluding carboxylic acids is 2. The number of benzene rings is 1. The lowest BCUT2D eigenvalue weighted by molar-refractivity contribution is -0.118. The molecule has 0 saturated carbocycles. The summed E-state index contributed by atoms with van der Waals surface area (Å²) in [6.45, 7) is 4.47. The van der Waals surface area contributed by atoms with Crippen molar-refractivity contribution < 1.29 is 9.59 Å². The quantitative estimate of drug-likeness (QED) is 0.795. The first-order chi connectivity index (χ1) is 9.72. The number of nitrogens with two attached hydrogens (primary N) is 1. The van der Waals surface area contributed by atoms with Gasteiger partial charge in [-0.15, -0.1) is 11.8 Å². The van der Waals surface area contributed by atoms with Gasteiger partial charge in [-0.25, -0.2) is 0 Å². The van der Waals surface area contributed by atoms with Gasteiger partial charge in [-0.3, -0.25) is 9.59 Å². The Morgan fingerprint density at radius 1 is 1.24 bits per heavy atom. The number of hydrogen-bond donors (Lipinski definition) is 2. The molecule has 2 amide bonds.